The number of fused-ring (bicyclic) bond motifs is 1. The van der Waals surface area contributed by atoms with Crippen molar-refractivity contribution in [2.75, 3.05) is 11.9 Å². The summed E-state index contributed by atoms with van der Waals surface area (Å²) in [4.78, 5) is 35.3. The molecule has 1 unspecified atom stereocenters. The number of hydrogen-bond donors (Lipinski definition) is 2. The van der Waals surface area contributed by atoms with E-state index in [4.69, 9.17) is 4.74 Å². The van der Waals surface area contributed by atoms with E-state index in [1.54, 1.807) is 18.6 Å². The fraction of sp³-hybridized carbons (Fsp3) is 0.429. The number of aromatic amines is 1. The number of amides is 1. The highest BCUT2D eigenvalue weighted by Gasteiger charge is 2.27. The topological polar surface area (TPSA) is 97.0 Å². The molecule has 2 N–H and O–H groups in total. The lowest BCUT2D eigenvalue weighted by molar-refractivity contribution is -0.120. The monoisotopic (exact) mass is 320 g/mol. The molecule has 2 heterocycles. The average Bonchev–Trinajstić information content (AvgIpc) is 3.15. The summed E-state index contributed by atoms with van der Waals surface area (Å²) >= 11 is 1.22. The molecule has 1 amide bonds. The van der Waals surface area contributed by atoms with Gasteiger partial charge in [-0.1, -0.05) is 0 Å². The second-order valence-corrected chi connectivity index (χ2v) is 5.87. The average molecular weight is 320 g/mol. The van der Waals surface area contributed by atoms with Crippen LogP contribution < -0.4 is 5.32 Å². The molecule has 2 aromatic rings. The number of H-pyrrole nitrogens is 1. The lowest BCUT2D eigenvalue weighted by Crippen LogP contribution is -2.28. The van der Waals surface area contributed by atoms with Crippen molar-refractivity contribution < 1.29 is 14.3 Å². The number of anilines is 1. The summed E-state index contributed by atoms with van der Waals surface area (Å²) in [5.41, 5.74) is 2.29. The van der Waals surface area contributed by atoms with Gasteiger partial charge in [-0.2, -0.15) is 0 Å². The largest absolute Gasteiger partial charge is 0.461 e. The van der Waals surface area contributed by atoms with Gasteiger partial charge >= 0.3 is 5.97 Å². The normalized spacial score (nSPS) is 16.9. The summed E-state index contributed by atoms with van der Waals surface area (Å²) in [6, 6.07) is 0. The Bertz CT molecular complexity index is 694. The Morgan fingerprint density at radius 1 is 1.55 bits per heavy atom. The van der Waals surface area contributed by atoms with Crippen LogP contribution in [0.3, 0.4) is 0 Å². The van der Waals surface area contributed by atoms with Crippen molar-refractivity contribution in [3.63, 3.8) is 0 Å². The molecule has 0 saturated carbocycles. The van der Waals surface area contributed by atoms with Crippen LogP contribution in [0, 0.1) is 5.92 Å². The molecular weight excluding hydrogens is 304 g/mol. The molecular formula is C14H16N4O3S. The van der Waals surface area contributed by atoms with Crippen LogP contribution in [0.5, 0.6) is 0 Å². The third-order valence-corrected chi connectivity index (χ3v) is 4.34. The number of aromatic nitrogens is 3. The second kappa shape index (κ2) is 6.27. The fourth-order valence-electron chi connectivity index (χ4n) is 2.46. The minimum absolute atomic E-state index is 0.0787. The highest BCUT2D eigenvalue weighted by molar-refractivity contribution is 7.14. The Morgan fingerprint density at radius 2 is 2.41 bits per heavy atom. The van der Waals surface area contributed by atoms with Crippen LogP contribution in [0.4, 0.5) is 5.13 Å². The number of rotatable bonds is 4. The highest BCUT2D eigenvalue weighted by Crippen LogP contribution is 2.25. The van der Waals surface area contributed by atoms with Crippen molar-refractivity contribution in [1.82, 2.24) is 15.0 Å². The van der Waals surface area contributed by atoms with Crippen LogP contribution in [0.2, 0.25) is 0 Å². The minimum Gasteiger partial charge on any atom is -0.461 e. The third kappa shape index (κ3) is 3.01. The molecule has 0 radical (unpaired) electrons. The SMILES string of the molecule is CCOC(=O)c1csc(NC(=O)C2CCc3nc[nH]c3C2)n1. The second-order valence-electron chi connectivity index (χ2n) is 5.02. The van der Waals surface area contributed by atoms with Gasteiger partial charge in [0.25, 0.3) is 0 Å². The number of aryl methyl sites for hydroxylation is 1. The predicted octanol–water partition coefficient (Wildman–Crippen LogP) is 1.79. The first-order valence-corrected chi connectivity index (χ1v) is 8.00. The van der Waals surface area contributed by atoms with Gasteiger partial charge < -0.3 is 15.0 Å². The number of carbonyl (C=O) groups excluding carboxylic acids is 2. The quantitative estimate of drug-likeness (QED) is 0.837. The Hall–Kier alpha value is -2.22. The number of hydrogen-bond acceptors (Lipinski definition) is 6. The summed E-state index contributed by atoms with van der Waals surface area (Å²) in [6.45, 7) is 2.03. The molecule has 0 bridgehead atoms. The van der Waals surface area contributed by atoms with Crippen LogP contribution >= 0.6 is 11.3 Å². The summed E-state index contributed by atoms with van der Waals surface area (Å²) in [5.74, 6) is -0.660. The Balaban J connectivity index is 1.62. The molecule has 7 nitrogen and oxygen atoms in total. The van der Waals surface area contributed by atoms with Gasteiger partial charge in [0.15, 0.2) is 10.8 Å². The van der Waals surface area contributed by atoms with E-state index in [0.717, 1.165) is 24.2 Å². The standard InChI is InChI=1S/C14H16N4O3S/c1-2-21-13(20)11-6-22-14(17-11)18-12(19)8-3-4-9-10(5-8)16-7-15-9/h6-8H,2-5H2,1H3,(H,15,16)(H,17,18,19). The van der Waals surface area contributed by atoms with Crippen molar-refractivity contribution in [2.24, 2.45) is 5.92 Å². The van der Waals surface area contributed by atoms with Gasteiger partial charge in [-0.15, -0.1) is 11.3 Å². The zero-order valence-electron chi connectivity index (χ0n) is 12.1. The van der Waals surface area contributed by atoms with E-state index in [9.17, 15) is 9.59 Å². The molecule has 3 rings (SSSR count). The number of thiazole rings is 1. The number of esters is 1. The number of carbonyl (C=O) groups is 2. The predicted molar refractivity (Wildman–Crippen MR) is 80.8 cm³/mol. The molecule has 0 fully saturated rings. The molecule has 8 heteroatoms. The Kier molecular flexibility index (Phi) is 4.19. The molecule has 22 heavy (non-hydrogen) atoms. The smallest absolute Gasteiger partial charge is 0.357 e. The van der Waals surface area contributed by atoms with Crippen molar-refractivity contribution in [3.8, 4) is 0 Å². The lowest BCUT2D eigenvalue weighted by Gasteiger charge is -2.19. The first kappa shape index (κ1) is 14.7. The van der Waals surface area contributed by atoms with E-state index in [1.807, 2.05) is 0 Å². The van der Waals surface area contributed by atoms with E-state index in [2.05, 4.69) is 20.3 Å². The van der Waals surface area contributed by atoms with E-state index in [-0.39, 0.29) is 17.5 Å². The van der Waals surface area contributed by atoms with E-state index >= 15 is 0 Å². The maximum Gasteiger partial charge on any atom is 0.357 e. The van der Waals surface area contributed by atoms with E-state index in [1.165, 1.54) is 11.3 Å². The van der Waals surface area contributed by atoms with E-state index < -0.39 is 5.97 Å². The molecule has 1 aliphatic rings. The number of ether oxygens (including phenoxy) is 1. The van der Waals surface area contributed by atoms with Gasteiger partial charge in [-0.05, 0) is 19.8 Å². The number of nitrogens with one attached hydrogen (secondary N) is 2. The van der Waals surface area contributed by atoms with Crippen LogP contribution in [0.15, 0.2) is 11.7 Å². The summed E-state index contributed by atoms with van der Waals surface area (Å²) in [6.07, 6.45) is 3.87. The van der Waals surface area contributed by atoms with Crippen LogP contribution in [-0.4, -0.2) is 33.4 Å². The molecule has 2 aromatic heterocycles. The minimum atomic E-state index is -0.473. The van der Waals surface area contributed by atoms with Gasteiger partial charge in [0, 0.05) is 23.4 Å². The van der Waals surface area contributed by atoms with Gasteiger partial charge in [-0.25, -0.2) is 14.8 Å². The number of nitrogens with zero attached hydrogens (tertiary/aromatic N) is 2. The van der Waals surface area contributed by atoms with Gasteiger partial charge in [-0.3, -0.25) is 4.79 Å². The third-order valence-electron chi connectivity index (χ3n) is 3.58. The highest BCUT2D eigenvalue weighted by atomic mass is 32.1. The molecule has 0 spiro atoms. The van der Waals surface area contributed by atoms with Crippen molar-refractivity contribution in [3.05, 3.63) is 28.8 Å². The lowest BCUT2D eigenvalue weighted by atomic mass is 9.89. The molecule has 116 valence electrons. The molecule has 1 atom stereocenters. The van der Waals surface area contributed by atoms with Crippen LogP contribution in [0.25, 0.3) is 0 Å². The Labute approximate surface area is 131 Å². The van der Waals surface area contributed by atoms with Crippen molar-refractivity contribution in [1.29, 1.82) is 0 Å². The van der Waals surface area contributed by atoms with Gasteiger partial charge in [0.1, 0.15) is 0 Å². The summed E-state index contributed by atoms with van der Waals surface area (Å²) in [7, 11) is 0. The van der Waals surface area contributed by atoms with Gasteiger partial charge in [0.2, 0.25) is 5.91 Å². The van der Waals surface area contributed by atoms with E-state index in [0.29, 0.717) is 18.2 Å². The van der Waals surface area contributed by atoms with Crippen LogP contribution in [-0.2, 0) is 22.4 Å². The summed E-state index contributed by atoms with van der Waals surface area (Å²) in [5, 5.41) is 4.78. The first-order valence-electron chi connectivity index (χ1n) is 7.12. The first-order chi connectivity index (χ1) is 10.7. The van der Waals surface area contributed by atoms with Crippen molar-refractivity contribution in [2.45, 2.75) is 26.2 Å². The zero-order valence-corrected chi connectivity index (χ0v) is 12.9. The summed E-state index contributed by atoms with van der Waals surface area (Å²) < 4.78 is 4.87. The fourth-order valence-corrected chi connectivity index (χ4v) is 3.14. The molecule has 1 aliphatic carbocycles. The molecule has 0 saturated heterocycles. The Morgan fingerprint density at radius 3 is 3.23 bits per heavy atom. The number of imidazole rings is 1. The van der Waals surface area contributed by atoms with Crippen molar-refractivity contribution >= 4 is 28.3 Å². The molecule has 0 aromatic carbocycles. The van der Waals surface area contributed by atoms with Crippen LogP contribution in [0.1, 0.15) is 35.2 Å². The zero-order chi connectivity index (χ0) is 15.5. The van der Waals surface area contributed by atoms with Gasteiger partial charge in [0.05, 0.1) is 18.6 Å². The molecule has 0 aliphatic heterocycles. The maximum absolute atomic E-state index is 12.3. The maximum atomic E-state index is 12.3.